The Balaban J connectivity index is 1.30. The van der Waals surface area contributed by atoms with Gasteiger partial charge in [0, 0.05) is 17.8 Å². The molecule has 2 fully saturated rings. The minimum atomic E-state index is 0.847. The minimum Gasteiger partial charge on any atom is -0.370 e. The second kappa shape index (κ2) is 9.22. The summed E-state index contributed by atoms with van der Waals surface area (Å²) in [6.07, 6.45) is 4.83. The van der Waals surface area contributed by atoms with Crippen LogP contribution >= 0.6 is 11.3 Å². The lowest BCUT2D eigenvalue weighted by Crippen LogP contribution is -3.14. The maximum Gasteiger partial charge on any atom is 0.187 e. The van der Waals surface area contributed by atoms with Crippen molar-refractivity contribution < 1.29 is 19.3 Å². The Kier molecular flexibility index (Phi) is 6.24. The molecule has 3 N–H and O–H groups in total. The first-order valence-corrected chi connectivity index (χ1v) is 12.1. The molecule has 0 amide bonds. The van der Waals surface area contributed by atoms with Crippen LogP contribution in [-0.4, -0.2) is 75.7 Å². The number of quaternary nitrogens is 2. The van der Waals surface area contributed by atoms with Gasteiger partial charge >= 0.3 is 0 Å². The molecule has 4 heterocycles. The number of morpholine rings is 2. The van der Waals surface area contributed by atoms with Crippen LogP contribution in [0.3, 0.4) is 0 Å². The molecule has 0 spiro atoms. The monoisotopic (exact) mass is 419 g/mol. The molecule has 2 aliphatic heterocycles. The summed E-state index contributed by atoms with van der Waals surface area (Å²) >= 11 is 1.90. The molecule has 5 rings (SSSR count). The van der Waals surface area contributed by atoms with Crippen molar-refractivity contribution in [2.45, 2.75) is 32.2 Å². The van der Waals surface area contributed by atoms with E-state index in [2.05, 4.69) is 5.32 Å². The standard InChI is InChI=1S/C21H31N5O2S/c1-3-16-17(4-1)29-21-19(16)20(22-5-2-6-25-7-11-27-12-8-25)23-18(24-21)15-26-9-13-28-14-10-26/h1-15H2,(H,22,23,24)/p+2. The van der Waals surface area contributed by atoms with Crippen LogP contribution < -0.4 is 15.1 Å². The van der Waals surface area contributed by atoms with Gasteiger partial charge in [-0.3, -0.25) is 0 Å². The van der Waals surface area contributed by atoms with Crippen molar-refractivity contribution in [2.24, 2.45) is 0 Å². The summed E-state index contributed by atoms with van der Waals surface area (Å²) in [5, 5.41) is 5.01. The Morgan fingerprint density at radius 1 is 0.931 bits per heavy atom. The van der Waals surface area contributed by atoms with Crippen LogP contribution in [0.25, 0.3) is 10.2 Å². The molecular weight excluding hydrogens is 386 g/mol. The van der Waals surface area contributed by atoms with Gasteiger partial charge in [-0.05, 0) is 24.8 Å². The van der Waals surface area contributed by atoms with Crippen LogP contribution in [0.1, 0.15) is 29.1 Å². The molecule has 0 atom stereocenters. The quantitative estimate of drug-likeness (QED) is 0.519. The normalized spacial score (nSPS) is 21.0. The highest BCUT2D eigenvalue weighted by Crippen LogP contribution is 2.39. The molecule has 2 saturated heterocycles. The molecule has 0 aromatic carbocycles. The maximum atomic E-state index is 5.51. The predicted octanol–water partition coefficient (Wildman–Crippen LogP) is -0.688. The second-order valence-electron chi connectivity index (χ2n) is 8.46. The smallest absolute Gasteiger partial charge is 0.187 e. The van der Waals surface area contributed by atoms with Gasteiger partial charge in [-0.1, -0.05) is 0 Å². The van der Waals surface area contributed by atoms with Crippen LogP contribution in [0.5, 0.6) is 0 Å². The van der Waals surface area contributed by atoms with Crippen molar-refractivity contribution in [1.82, 2.24) is 9.97 Å². The van der Waals surface area contributed by atoms with Crippen molar-refractivity contribution in [3.63, 3.8) is 0 Å². The summed E-state index contributed by atoms with van der Waals surface area (Å²) < 4.78 is 11.0. The van der Waals surface area contributed by atoms with E-state index in [0.29, 0.717) is 0 Å². The Morgan fingerprint density at radius 3 is 2.48 bits per heavy atom. The average Bonchev–Trinajstić information content (AvgIpc) is 3.33. The van der Waals surface area contributed by atoms with E-state index < -0.39 is 0 Å². The van der Waals surface area contributed by atoms with Gasteiger partial charge < -0.3 is 24.6 Å². The van der Waals surface area contributed by atoms with Crippen molar-refractivity contribution in [2.75, 3.05) is 71.0 Å². The van der Waals surface area contributed by atoms with Gasteiger partial charge in [0.2, 0.25) is 0 Å². The molecular formula is C21H33N5O2S+2. The van der Waals surface area contributed by atoms with E-state index in [-0.39, 0.29) is 0 Å². The molecule has 158 valence electrons. The van der Waals surface area contributed by atoms with Crippen LogP contribution in [0.4, 0.5) is 5.82 Å². The lowest BCUT2D eigenvalue weighted by molar-refractivity contribution is -0.922. The number of nitrogens with one attached hydrogen (secondary N) is 3. The molecule has 1 aliphatic carbocycles. The van der Waals surface area contributed by atoms with E-state index in [0.717, 1.165) is 83.8 Å². The van der Waals surface area contributed by atoms with E-state index in [4.69, 9.17) is 19.4 Å². The Hall–Kier alpha value is -1.32. The number of thiophene rings is 1. The number of aryl methyl sites for hydroxylation is 2. The zero-order valence-electron chi connectivity index (χ0n) is 17.2. The summed E-state index contributed by atoms with van der Waals surface area (Å²) in [6.45, 7) is 11.0. The maximum absolute atomic E-state index is 5.51. The van der Waals surface area contributed by atoms with Crippen LogP contribution in [0.2, 0.25) is 0 Å². The molecule has 2 aromatic heterocycles. The van der Waals surface area contributed by atoms with Gasteiger partial charge in [0.05, 0.1) is 38.4 Å². The molecule has 8 heteroatoms. The first kappa shape index (κ1) is 19.6. The van der Waals surface area contributed by atoms with Crippen molar-refractivity contribution in [1.29, 1.82) is 0 Å². The third-order valence-electron chi connectivity index (χ3n) is 6.42. The number of aromatic nitrogens is 2. The van der Waals surface area contributed by atoms with Crippen molar-refractivity contribution >= 4 is 27.4 Å². The first-order valence-electron chi connectivity index (χ1n) is 11.2. The highest BCUT2D eigenvalue weighted by atomic mass is 32.1. The number of ether oxygens (including phenoxy) is 2. The average molecular weight is 420 g/mol. The lowest BCUT2D eigenvalue weighted by Gasteiger charge is -2.24. The largest absolute Gasteiger partial charge is 0.370 e. The molecule has 0 radical (unpaired) electrons. The van der Waals surface area contributed by atoms with Gasteiger partial charge in [0.15, 0.2) is 5.82 Å². The third-order valence-corrected chi connectivity index (χ3v) is 7.60. The number of fused-ring (bicyclic) bond motifs is 3. The Morgan fingerprint density at radius 2 is 1.69 bits per heavy atom. The van der Waals surface area contributed by atoms with Gasteiger partial charge in [-0.2, -0.15) is 0 Å². The second-order valence-corrected chi connectivity index (χ2v) is 9.54. The summed E-state index contributed by atoms with van der Waals surface area (Å²) in [7, 11) is 0. The van der Waals surface area contributed by atoms with E-state index >= 15 is 0 Å². The van der Waals surface area contributed by atoms with E-state index in [1.807, 2.05) is 11.3 Å². The van der Waals surface area contributed by atoms with E-state index in [9.17, 15) is 0 Å². The molecule has 3 aliphatic rings. The molecule has 0 unspecified atom stereocenters. The molecule has 7 nitrogen and oxygen atoms in total. The molecule has 0 bridgehead atoms. The fourth-order valence-electron chi connectivity index (χ4n) is 4.76. The number of hydrogen-bond donors (Lipinski definition) is 3. The summed E-state index contributed by atoms with van der Waals surface area (Å²) in [4.78, 5) is 15.9. The van der Waals surface area contributed by atoms with Gasteiger partial charge in [0.25, 0.3) is 0 Å². The number of nitrogens with zero attached hydrogens (tertiary/aromatic N) is 2. The third kappa shape index (κ3) is 4.56. The number of anilines is 1. The fraction of sp³-hybridized carbons (Fsp3) is 0.714. The first-order chi connectivity index (χ1) is 14.4. The lowest BCUT2D eigenvalue weighted by atomic mass is 10.2. The van der Waals surface area contributed by atoms with E-state index in [1.54, 1.807) is 4.90 Å². The highest BCUT2D eigenvalue weighted by molar-refractivity contribution is 7.19. The SMILES string of the molecule is C1Cc2sc3nc(C[NH+]4CCOCC4)nc(NCCC[NH+]4CCOCC4)c3c2C1. The van der Waals surface area contributed by atoms with Crippen LogP contribution in [0, 0.1) is 0 Å². The topological polar surface area (TPSA) is 65.2 Å². The van der Waals surface area contributed by atoms with Crippen LogP contribution in [-0.2, 0) is 28.9 Å². The highest BCUT2D eigenvalue weighted by Gasteiger charge is 2.24. The Labute approximate surface area is 176 Å². The zero-order valence-corrected chi connectivity index (χ0v) is 18.0. The Bertz CT molecular complexity index is 830. The minimum absolute atomic E-state index is 0.847. The summed E-state index contributed by atoms with van der Waals surface area (Å²) in [6, 6.07) is 0. The zero-order chi connectivity index (χ0) is 19.5. The fourth-order valence-corrected chi connectivity index (χ4v) is 6.04. The molecule has 29 heavy (non-hydrogen) atoms. The predicted molar refractivity (Wildman–Crippen MR) is 114 cm³/mol. The molecule has 2 aromatic rings. The van der Waals surface area contributed by atoms with Gasteiger partial charge in [-0.25, -0.2) is 9.97 Å². The van der Waals surface area contributed by atoms with Crippen LogP contribution in [0.15, 0.2) is 0 Å². The van der Waals surface area contributed by atoms with Gasteiger partial charge in [0.1, 0.15) is 43.4 Å². The summed E-state index contributed by atoms with van der Waals surface area (Å²) in [5.74, 6) is 2.06. The molecule has 0 saturated carbocycles. The number of rotatable bonds is 7. The van der Waals surface area contributed by atoms with E-state index in [1.165, 1.54) is 51.4 Å². The van der Waals surface area contributed by atoms with Gasteiger partial charge in [-0.15, -0.1) is 11.3 Å². The van der Waals surface area contributed by atoms with Crippen molar-refractivity contribution in [3.8, 4) is 0 Å². The van der Waals surface area contributed by atoms with Crippen molar-refractivity contribution in [3.05, 3.63) is 16.3 Å². The summed E-state index contributed by atoms with van der Waals surface area (Å²) in [5.41, 5.74) is 1.51. The number of hydrogen-bond acceptors (Lipinski definition) is 6.